The SMILES string of the molecule is CCOc1cc(/C=C(/C#N)c2ccc3ccccc3c2)cc(Br)c1OCc1ccc(Cl)cc1. The topological polar surface area (TPSA) is 42.2 Å². The summed E-state index contributed by atoms with van der Waals surface area (Å²) in [6.45, 7) is 2.80. The zero-order chi connectivity index (χ0) is 23.2. The quantitative estimate of drug-likeness (QED) is 0.182. The first-order valence-corrected chi connectivity index (χ1v) is 11.7. The molecule has 0 spiro atoms. The molecule has 0 N–H and O–H groups in total. The van der Waals surface area contributed by atoms with E-state index in [0.717, 1.165) is 31.9 Å². The van der Waals surface area contributed by atoms with Gasteiger partial charge >= 0.3 is 0 Å². The Kier molecular flexibility index (Phi) is 7.34. The van der Waals surface area contributed by atoms with Crippen LogP contribution in [0.1, 0.15) is 23.6 Å². The van der Waals surface area contributed by atoms with Crippen LogP contribution in [-0.2, 0) is 6.61 Å². The third-order valence-electron chi connectivity index (χ3n) is 5.12. The van der Waals surface area contributed by atoms with Gasteiger partial charge in [0.15, 0.2) is 11.5 Å². The van der Waals surface area contributed by atoms with Gasteiger partial charge in [-0.25, -0.2) is 0 Å². The standard InChI is InChI=1S/C28H21BrClNO2/c1-2-32-27-15-20(14-26(29)28(27)33-18-19-7-11-25(30)12-8-19)13-24(17-31)23-10-9-21-5-3-4-6-22(21)16-23/h3-16H,2,18H2,1H3/b24-13-. The summed E-state index contributed by atoms with van der Waals surface area (Å²) in [5, 5.41) is 12.8. The van der Waals surface area contributed by atoms with Gasteiger partial charge < -0.3 is 9.47 Å². The molecule has 0 fully saturated rings. The summed E-state index contributed by atoms with van der Waals surface area (Å²) >= 11 is 9.58. The van der Waals surface area contributed by atoms with Crippen molar-refractivity contribution in [1.82, 2.24) is 0 Å². The minimum atomic E-state index is 0.381. The van der Waals surface area contributed by atoms with Gasteiger partial charge in [0, 0.05) is 5.02 Å². The number of allylic oxidation sites excluding steroid dienone is 1. The molecule has 0 unspecified atom stereocenters. The minimum Gasteiger partial charge on any atom is -0.490 e. The molecule has 5 heteroatoms. The summed E-state index contributed by atoms with van der Waals surface area (Å²) in [7, 11) is 0. The molecule has 0 aliphatic heterocycles. The van der Waals surface area contributed by atoms with E-state index in [1.54, 1.807) is 0 Å². The van der Waals surface area contributed by atoms with Gasteiger partial charge in [0.1, 0.15) is 6.61 Å². The third-order valence-corrected chi connectivity index (χ3v) is 5.96. The second-order valence-electron chi connectivity index (χ2n) is 7.41. The lowest BCUT2D eigenvalue weighted by Crippen LogP contribution is -2.01. The van der Waals surface area contributed by atoms with Crippen LogP contribution in [0.25, 0.3) is 22.4 Å². The average molecular weight is 519 g/mol. The van der Waals surface area contributed by atoms with E-state index in [9.17, 15) is 5.26 Å². The van der Waals surface area contributed by atoms with E-state index in [0.29, 0.717) is 35.3 Å². The van der Waals surface area contributed by atoms with E-state index in [4.69, 9.17) is 21.1 Å². The van der Waals surface area contributed by atoms with E-state index < -0.39 is 0 Å². The lowest BCUT2D eigenvalue weighted by molar-refractivity contribution is 0.267. The number of rotatable bonds is 7. The maximum atomic E-state index is 9.84. The number of hydrogen-bond donors (Lipinski definition) is 0. The van der Waals surface area contributed by atoms with Crippen molar-refractivity contribution in [3.8, 4) is 17.6 Å². The molecule has 4 aromatic rings. The highest BCUT2D eigenvalue weighted by Crippen LogP contribution is 2.38. The second-order valence-corrected chi connectivity index (χ2v) is 8.70. The number of fused-ring (bicyclic) bond motifs is 1. The lowest BCUT2D eigenvalue weighted by Gasteiger charge is -2.15. The number of benzene rings is 4. The van der Waals surface area contributed by atoms with Gasteiger partial charge in [-0.15, -0.1) is 0 Å². The molecule has 33 heavy (non-hydrogen) atoms. The molecule has 4 rings (SSSR count). The summed E-state index contributed by atoms with van der Waals surface area (Å²) in [5.74, 6) is 1.23. The van der Waals surface area contributed by atoms with E-state index in [-0.39, 0.29) is 0 Å². The Morgan fingerprint density at radius 1 is 0.970 bits per heavy atom. The van der Waals surface area contributed by atoms with Gasteiger partial charge in [0.05, 0.1) is 22.7 Å². The molecule has 0 amide bonds. The summed E-state index contributed by atoms with van der Waals surface area (Å²) in [5.41, 5.74) is 3.29. The minimum absolute atomic E-state index is 0.381. The van der Waals surface area contributed by atoms with Crippen LogP contribution in [0.2, 0.25) is 5.02 Å². The lowest BCUT2D eigenvalue weighted by atomic mass is 10.00. The molecule has 164 valence electrons. The Balaban J connectivity index is 1.65. The summed E-state index contributed by atoms with van der Waals surface area (Å²) in [6.07, 6.45) is 1.86. The summed E-state index contributed by atoms with van der Waals surface area (Å²) < 4.78 is 12.7. The van der Waals surface area contributed by atoms with Crippen LogP contribution in [0.15, 0.2) is 83.3 Å². The Morgan fingerprint density at radius 3 is 2.45 bits per heavy atom. The maximum Gasteiger partial charge on any atom is 0.175 e. The zero-order valence-corrected chi connectivity index (χ0v) is 20.4. The zero-order valence-electron chi connectivity index (χ0n) is 18.0. The van der Waals surface area contributed by atoms with Crippen LogP contribution in [-0.4, -0.2) is 6.61 Å². The molecular weight excluding hydrogens is 498 g/mol. The first-order chi connectivity index (χ1) is 16.1. The molecular formula is C28H21BrClNO2. The Bertz CT molecular complexity index is 1360. The van der Waals surface area contributed by atoms with Crippen molar-refractivity contribution in [1.29, 1.82) is 5.26 Å². The van der Waals surface area contributed by atoms with Crippen molar-refractivity contribution in [3.05, 3.63) is 105 Å². The number of ether oxygens (including phenoxy) is 2. The van der Waals surface area contributed by atoms with Crippen molar-refractivity contribution in [2.45, 2.75) is 13.5 Å². The molecule has 0 heterocycles. The fraction of sp³-hybridized carbons (Fsp3) is 0.107. The molecule has 4 aromatic carbocycles. The van der Waals surface area contributed by atoms with Crippen molar-refractivity contribution in [2.24, 2.45) is 0 Å². The fourth-order valence-electron chi connectivity index (χ4n) is 3.51. The highest BCUT2D eigenvalue weighted by molar-refractivity contribution is 9.10. The molecule has 0 saturated carbocycles. The molecule has 0 saturated heterocycles. The van der Waals surface area contributed by atoms with E-state index in [1.165, 1.54) is 0 Å². The predicted molar refractivity (Wildman–Crippen MR) is 139 cm³/mol. The highest BCUT2D eigenvalue weighted by Gasteiger charge is 2.13. The Labute approximate surface area is 207 Å². The van der Waals surface area contributed by atoms with Gasteiger partial charge in [-0.3, -0.25) is 0 Å². The van der Waals surface area contributed by atoms with Gasteiger partial charge in [0.2, 0.25) is 0 Å². The van der Waals surface area contributed by atoms with Crippen molar-refractivity contribution >= 4 is 50.0 Å². The predicted octanol–water partition coefficient (Wildman–Crippen LogP) is 8.30. The molecule has 0 bridgehead atoms. The van der Waals surface area contributed by atoms with Crippen LogP contribution >= 0.6 is 27.5 Å². The fourth-order valence-corrected chi connectivity index (χ4v) is 4.21. The van der Waals surface area contributed by atoms with Crippen molar-refractivity contribution in [2.75, 3.05) is 6.61 Å². The number of nitriles is 1. The number of nitrogens with zero attached hydrogens (tertiary/aromatic N) is 1. The monoisotopic (exact) mass is 517 g/mol. The van der Waals surface area contributed by atoms with Crippen molar-refractivity contribution < 1.29 is 9.47 Å². The molecule has 0 atom stereocenters. The molecule has 0 aromatic heterocycles. The summed E-state index contributed by atoms with van der Waals surface area (Å²) in [6, 6.07) is 27.8. The van der Waals surface area contributed by atoms with E-state index >= 15 is 0 Å². The summed E-state index contributed by atoms with van der Waals surface area (Å²) in [4.78, 5) is 0. The van der Waals surface area contributed by atoms with Crippen molar-refractivity contribution in [3.63, 3.8) is 0 Å². The normalized spacial score (nSPS) is 11.3. The highest BCUT2D eigenvalue weighted by atomic mass is 79.9. The van der Waals surface area contributed by atoms with E-state index in [2.05, 4.69) is 28.1 Å². The second kappa shape index (κ2) is 10.6. The van der Waals surface area contributed by atoms with Gasteiger partial charge in [-0.2, -0.15) is 5.26 Å². The van der Waals surface area contributed by atoms with Crippen LogP contribution in [0.4, 0.5) is 0 Å². The maximum absolute atomic E-state index is 9.84. The smallest absolute Gasteiger partial charge is 0.175 e. The van der Waals surface area contributed by atoms with Gasteiger partial charge in [0.25, 0.3) is 0 Å². The Hall–Kier alpha value is -3.26. The molecule has 0 aliphatic carbocycles. The van der Waals surface area contributed by atoms with Crippen LogP contribution < -0.4 is 9.47 Å². The van der Waals surface area contributed by atoms with Crippen LogP contribution in [0.5, 0.6) is 11.5 Å². The first kappa shape index (κ1) is 22.9. The number of halogens is 2. The van der Waals surface area contributed by atoms with Crippen LogP contribution in [0.3, 0.4) is 0 Å². The van der Waals surface area contributed by atoms with E-state index in [1.807, 2.05) is 85.8 Å². The van der Waals surface area contributed by atoms with Gasteiger partial charge in [-0.05, 0) is 86.7 Å². The Morgan fingerprint density at radius 2 is 1.73 bits per heavy atom. The van der Waals surface area contributed by atoms with Gasteiger partial charge in [-0.1, -0.05) is 60.1 Å². The third kappa shape index (κ3) is 5.57. The molecule has 0 aliphatic rings. The van der Waals surface area contributed by atoms with Crippen LogP contribution in [0, 0.1) is 11.3 Å². The number of hydrogen-bond acceptors (Lipinski definition) is 3. The average Bonchev–Trinajstić information content (AvgIpc) is 2.83. The molecule has 3 nitrogen and oxygen atoms in total. The largest absolute Gasteiger partial charge is 0.490 e. The first-order valence-electron chi connectivity index (χ1n) is 10.5. The molecule has 0 radical (unpaired) electrons.